The number of ether oxygens (including phenoxy) is 1. The molecule has 1 heterocycles. The predicted octanol–water partition coefficient (Wildman–Crippen LogP) is 3.11. The molecular weight excluding hydrogens is 402 g/mol. The van der Waals surface area contributed by atoms with Crippen LogP contribution in [0.15, 0.2) is 54.6 Å². The molecule has 1 aliphatic rings. The molecule has 0 aromatic heterocycles. The lowest BCUT2D eigenvalue weighted by atomic mass is 10.0. The van der Waals surface area contributed by atoms with Crippen LogP contribution in [0.3, 0.4) is 0 Å². The second kappa shape index (κ2) is 11.1. The molecule has 0 fully saturated rings. The first-order valence-corrected chi connectivity index (χ1v) is 11.3. The first-order chi connectivity index (χ1) is 15.3. The monoisotopic (exact) mass is 437 g/mol. The van der Waals surface area contributed by atoms with E-state index in [0.29, 0.717) is 32.5 Å². The van der Waals surface area contributed by atoms with E-state index in [1.54, 1.807) is 0 Å². The molecule has 6 nitrogen and oxygen atoms in total. The Morgan fingerprint density at radius 1 is 1.09 bits per heavy atom. The third kappa shape index (κ3) is 6.57. The van der Waals surface area contributed by atoms with Crippen molar-refractivity contribution in [3.8, 4) is 5.75 Å². The van der Waals surface area contributed by atoms with Gasteiger partial charge in [0.25, 0.3) is 0 Å². The van der Waals surface area contributed by atoms with Gasteiger partial charge in [-0.05, 0) is 31.6 Å². The number of likely N-dealkylation sites (N-methyl/N-ethyl adjacent to an activating group) is 1. The maximum atomic E-state index is 13.9. The molecule has 2 amide bonds. The summed E-state index contributed by atoms with van der Waals surface area (Å²) in [6.45, 7) is 5.56. The second-order valence-electron chi connectivity index (χ2n) is 9.21. The van der Waals surface area contributed by atoms with Gasteiger partial charge in [-0.3, -0.25) is 9.59 Å². The van der Waals surface area contributed by atoms with Crippen molar-refractivity contribution in [1.29, 1.82) is 0 Å². The van der Waals surface area contributed by atoms with E-state index in [9.17, 15) is 9.59 Å². The molecular formula is C26H35N3O3. The smallest absolute Gasteiger partial charge is 0.246 e. The van der Waals surface area contributed by atoms with Gasteiger partial charge in [0.15, 0.2) is 0 Å². The van der Waals surface area contributed by atoms with Crippen LogP contribution in [-0.4, -0.2) is 60.9 Å². The molecule has 3 rings (SSSR count). The van der Waals surface area contributed by atoms with E-state index in [0.717, 1.165) is 16.9 Å². The summed E-state index contributed by atoms with van der Waals surface area (Å²) in [4.78, 5) is 30.5. The lowest BCUT2D eigenvalue weighted by molar-refractivity contribution is -0.139. The quantitative estimate of drug-likeness (QED) is 0.689. The van der Waals surface area contributed by atoms with Crippen molar-refractivity contribution in [2.75, 3.05) is 27.2 Å². The Labute approximate surface area is 191 Å². The lowest BCUT2D eigenvalue weighted by Gasteiger charge is -2.34. The minimum Gasteiger partial charge on any atom is -0.491 e. The number of hydrogen-bond donors (Lipinski definition) is 1. The zero-order valence-corrected chi connectivity index (χ0v) is 19.6. The summed E-state index contributed by atoms with van der Waals surface area (Å²) in [6, 6.07) is 17.0. The molecule has 2 aromatic rings. The zero-order valence-electron chi connectivity index (χ0n) is 19.6. The first-order valence-electron chi connectivity index (χ1n) is 11.3. The van der Waals surface area contributed by atoms with Gasteiger partial charge < -0.3 is 19.9 Å². The van der Waals surface area contributed by atoms with Gasteiger partial charge in [-0.25, -0.2) is 0 Å². The fraction of sp³-hybridized carbons (Fsp3) is 0.462. The Hall–Kier alpha value is -2.86. The third-order valence-electron chi connectivity index (χ3n) is 5.55. The molecule has 0 spiro atoms. The van der Waals surface area contributed by atoms with Gasteiger partial charge >= 0.3 is 0 Å². The van der Waals surface area contributed by atoms with Crippen LogP contribution in [0.4, 0.5) is 0 Å². The molecule has 0 unspecified atom stereocenters. The average molecular weight is 438 g/mol. The van der Waals surface area contributed by atoms with Crippen molar-refractivity contribution in [2.24, 2.45) is 5.92 Å². The number of nitrogens with zero attached hydrogens (tertiary/aromatic N) is 2. The van der Waals surface area contributed by atoms with Crippen LogP contribution in [0.2, 0.25) is 0 Å². The van der Waals surface area contributed by atoms with E-state index in [-0.39, 0.29) is 23.8 Å². The van der Waals surface area contributed by atoms with Crippen LogP contribution >= 0.6 is 0 Å². The van der Waals surface area contributed by atoms with E-state index in [4.69, 9.17) is 4.74 Å². The maximum absolute atomic E-state index is 13.9. The number of benzene rings is 2. The summed E-state index contributed by atoms with van der Waals surface area (Å²) in [5.74, 6) is 0.875. The molecule has 32 heavy (non-hydrogen) atoms. The topological polar surface area (TPSA) is 61.9 Å². The number of carbonyl (C=O) groups is 2. The van der Waals surface area contributed by atoms with Gasteiger partial charge in [-0.1, -0.05) is 62.4 Å². The van der Waals surface area contributed by atoms with Gasteiger partial charge in [0.05, 0.1) is 6.04 Å². The standard InChI is InChI=1S/C26H35N3O3/c1-19(2)14-25(30)27-23(15-20-10-6-5-7-11-20)26(31)29-16-21-12-8-9-13-24(21)32-18-22(29)17-28(3)4/h5-13,19,22-23H,14-18H2,1-4H3,(H,27,30)/t22-,23+/m0/s1. The van der Waals surface area contributed by atoms with Crippen molar-refractivity contribution in [2.45, 2.75) is 45.3 Å². The second-order valence-corrected chi connectivity index (χ2v) is 9.21. The summed E-state index contributed by atoms with van der Waals surface area (Å²) in [5.41, 5.74) is 2.00. The summed E-state index contributed by atoms with van der Waals surface area (Å²) >= 11 is 0. The van der Waals surface area contributed by atoms with E-state index >= 15 is 0 Å². The van der Waals surface area contributed by atoms with Gasteiger partial charge in [-0.15, -0.1) is 0 Å². The van der Waals surface area contributed by atoms with E-state index in [1.807, 2.05) is 87.4 Å². The summed E-state index contributed by atoms with van der Waals surface area (Å²) < 4.78 is 6.07. The molecule has 172 valence electrons. The molecule has 1 N–H and O–H groups in total. The van der Waals surface area contributed by atoms with Crippen molar-refractivity contribution in [3.05, 3.63) is 65.7 Å². The molecule has 2 atom stereocenters. The van der Waals surface area contributed by atoms with Crippen LogP contribution in [0.1, 0.15) is 31.4 Å². The van der Waals surface area contributed by atoms with Crippen LogP contribution in [0.5, 0.6) is 5.75 Å². The largest absolute Gasteiger partial charge is 0.491 e. The molecule has 0 saturated carbocycles. The third-order valence-corrected chi connectivity index (χ3v) is 5.55. The number of fused-ring (bicyclic) bond motifs is 1. The Bertz CT molecular complexity index is 898. The SMILES string of the molecule is CC(C)CC(=O)N[C@H](Cc1ccccc1)C(=O)N1Cc2ccccc2OC[C@@H]1CN(C)C. The molecule has 2 aromatic carbocycles. The number of rotatable bonds is 8. The minimum absolute atomic E-state index is 0.0712. The van der Waals surface area contributed by atoms with Crippen molar-refractivity contribution in [1.82, 2.24) is 15.1 Å². The summed E-state index contributed by atoms with van der Waals surface area (Å²) in [5, 5.41) is 3.03. The van der Waals surface area contributed by atoms with Crippen LogP contribution in [0, 0.1) is 5.92 Å². The normalized spacial score (nSPS) is 16.8. The Morgan fingerprint density at radius 3 is 2.47 bits per heavy atom. The predicted molar refractivity (Wildman–Crippen MR) is 126 cm³/mol. The van der Waals surface area contributed by atoms with Crippen molar-refractivity contribution >= 4 is 11.8 Å². The molecule has 0 aliphatic carbocycles. The summed E-state index contributed by atoms with van der Waals surface area (Å²) in [7, 11) is 3.99. The number of hydrogen-bond acceptors (Lipinski definition) is 4. The van der Waals surface area contributed by atoms with Gasteiger partial charge in [-0.2, -0.15) is 0 Å². The Morgan fingerprint density at radius 2 is 1.78 bits per heavy atom. The molecule has 0 saturated heterocycles. The number of amides is 2. The average Bonchev–Trinajstić information content (AvgIpc) is 2.92. The van der Waals surface area contributed by atoms with Crippen LogP contribution in [0.25, 0.3) is 0 Å². The molecule has 6 heteroatoms. The zero-order chi connectivity index (χ0) is 23.1. The van der Waals surface area contributed by atoms with E-state index in [1.165, 1.54) is 0 Å². The van der Waals surface area contributed by atoms with Crippen molar-refractivity contribution < 1.29 is 14.3 Å². The van der Waals surface area contributed by atoms with Crippen molar-refractivity contribution in [3.63, 3.8) is 0 Å². The van der Waals surface area contributed by atoms with Crippen LogP contribution < -0.4 is 10.1 Å². The van der Waals surface area contributed by atoms with Gasteiger partial charge in [0.1, 0.15) is 18.4 Å². The highest BCUT2D eigenvalue weighted by atomic mass is 16.5. The highest BCUT2D eigenvalue weighted by Gasteiger charge is 2.34. The molecule has 0 bridgehead atoms. The lowest BCUT2D eigenvalue weighted by Crippen LogP contribution is -2.55. The molecule has 0 radical (unpaired) electrons. The number of nitrogens with one attached hydrogen (secondary N) is 1. The first kappa shape index (κ1) is 23.8. The molecule has 1 aliphatic heterocycles. The Kier molecular flexibility index (Phi) is 8.28. The minimum atomic E-state index is -0.626. The highest BCUT2D eigenvalue weighted by molar-refractivity contribution is 5.88. The number of para-hydroxylation sites is 1. The Balaban J connectivity index is 1.89. The van der Waals surface area contributed by atoms with Gasteiger partial charge in [0, 0.05) is 31.5 Å². The van der Waals surface area contributed by atoms with E-state index < -0.39 is 6.04 Å². The fourth-order valence-electron chi connectivity index (χ4n) is 4.07. The van der Waals surface area contributed by atoms with Crippen LogP contribution in [-0.2, 0) is 22.6 Å². The number of carbonyl (C=O) groups excluding carboxylic acids is 2. The summed E-state index contributed by atoms with van der Waals surface area (Å²) in [6.07, 6.45) is 0.850. The fourth-order valence-corrected chi connectivity index (χ4v) is 4.07. The highest BCUT2D eigenvalue weighted by Crippen LogP contribution is 2.26. The maximum Gasteiger partial charge on any atom is 0.246 e. The van der Waals surface area contributed by atoms with E-state index in [2.05, 4.69) is 10.2 Å². The van der Waals surface area contributed by atoms with Gasteiger partial charge in [0.2, 0.25) is 11.8 Å².